The van der Waals surface area contributed by atoms with Gasteiger partial charge in [0.1, 0.15) is 0 Å². The molecule has 2 aliphatic carbocycles. The van der Waals surface area contributed by atoms with Gasteiger partial charge in [0.05, 0.1) is 0 Å². The molecule has 174 valence electrons. The third-order valence-electron chi connectivity index (χ3n) is 7.14. The molecule has 34 heavy (non-hydrogen) atoms. The van der Waals surface area contributed by atoms with Crippen molar-refractivity contribution < 1.29 is 9.59 Å². The molecule has 5 rings (SSSR count). The fourth-order valence-corrected chi connectivity index (χ4v) is 5.14. The average molecular weight is 453 g/mol. The van der Waals surface area contributed by atoms with Crippen molar-refractivity contribution in [1.82, 2.24) is 10.6 Å². The minimum Gasteiger partial charge on any atom is -0.348 e. The second-order valence-electron chi connectivity index (χ2n) is 9.56. The topological polar surface area (TPSA) is 58.2 Å². The zero-order valence-electron chi connectivity index (χ0n) is 19.7. The number of hydrogen-bond donors (Lipinski definition) is 2. The Hall–Kier alpha value is -3.40. The van der Waals surface area contributed by atoms with Gasteiger partial charge in [0.15, 0.2) is 0 Å². The maximum Gasteiger partial charge on any atom is 0.251 e. The SMILES string of the molecule is O=C(NCc1ccc2c(c1)CCCC2)c1ccc(C(=O)NCc2ccc3c(c2)CCCC3)cc1. The fraction of sp³-hybridized carbons (Fsp3) is 0.333. The molecular formula is C30H32N2O2. The van der Waals surface area contributed by atoms with Crippen molar-refractivity contribution in [3.05, 3.63) is 105 Å². The third kappa shape index (κ3) is 5.22. The van der Waals surface area contributed by atoms with Crippen LogP contribution in [0.4, 0.5) is 0 Å². The molecule has 3 aromatic carbocycles. The van der Waals surface area contributed by atoms with E-state index < -0.39 is 0 Å². The van der Waals surface area contributed by atoms with Gasteiger partial charge in [-0.3, -0.25) is 9.59 Å². The lowest BCUT2D eigenvalue weighted by Gasteiger charge is -2.17. The van der Waals surface area contributed by atoms with Crippen LogP contribution in [0, 0.1) is 0 Å². The summed E-state index contributed by atoms with van der Waals surface area (Å²) in [6.07, 6.45) is 9.62. The van der Waals surface area contributed by atoms with Gasteiger partial charge in [0.25, 0.3) is 11.8 Å². The van der Waals surface area contributed by atoms with Gasteiger partial charge >= 0.3 is 0 Å². The minimum absolute atomic E-state index is 0.126. The van der Waals surface area contributed by atoms with Crippen molar-refractivity contribution in [2.75, 3.05) is 0 Å². The van der Waals surface area contributed by atoms with Crippen LogP contribution >= 0.6 is 0 Å². The first-order valence-electron chi connectivity index (χ1n) is 12.5. The van der Waals surface area contributed by atoms with Crippen molar-refractivity contribution in [3.8, 4) is 0 Å². The van der Waals surface area contributed by atoms with Crippen molar-refractivity contribution >= 4 is 11.8 Å². The van der Waals surface area contributed by atoms with Crippen molar-refractivity contribution in [3.63, 3.8) is 0 Å². The number of hydrogen-bond acceptors (Lipinski definition) is 2. The fourth-order valence-electron chi connectivity index (χ4n) is 5.14. The van der Waals surface area contributed by atoms with Gasteiger partial charge in [0, 0.05) is 24.2 Å². The van der Waals surface area contributed by atoms with Gasteiger partial charge in [0.2, 0.25) is 0 Å². The molecule has 3 aromatic rings. The van der Waals surface area contributed by atoms with Crippen molar-refractivity contribution in [1.29, 1.82) is 0 Å². The molecule has 4 nitrogen and oxygen atoms in total. The van der Waals surface area contributed by atoms with Crippen LogP contribution in [-0.2, 0) is 38.8 Å². The standard InChI is InChI=1S/C30H32N2O2/c33-29(31-19-21-9-11-23-5-1-3-7-27(23)17-21)25-13-15-26(16-14-25)30(34)32-20-22-10-12-24-6-2-4-8-28(24)18-22/h9-18H,1-8,19-20H2,(H,31,33)(H,32,34). The molecule has 0 atom stereocenters. The highest BCUT2D eigenvalue weighted by Gasteiger charge is 2.13. The lowest BCUT2D eigenvalue weighted by Crippen LogP contribution is -2.24. The van der Waals surface area contributed by atoms with Crippen LogP contribution in [0.5, 0.6) is 0 Å². The molecule has 0 heterocycles. The number of rotatable bonds is 6. The summed E-state index contributed by atoms with van der Waals surface area (Å²) >= 11 is 0. The zero-order chi connectivity index (χ0) is 23.3. The third-order valence-corrected chi connectivity index (χ3v) is 7.14. The number of amides is 2. The van der Waals surface area contributed by atoms with E-state index in [0.717, 1.165) is 36.8 Å². The first-order valence-corrected chi connectivity index (χ1v) is 12.5. The van der Waals surface area contributed by atoms with Gasteiger partial charge in [-0.2, -0.15) is 0 Å². The lowest BCUT2D eigenvalue weighted by molar-refractivity contribution is 0.0939. The smallest absolute Gasteiger partial charge is 0.251 e. The largest absolute Gasteiger partial charge is 0.348 e. The summed E-state index contributed by atoms with van der Waals surface area (Å²) in [5, 5.41) is 6.01. The minimum atomic E-state index is -0.126. The summed E-state index contributed by atoms with van der Waals surface area (Å²) in [5.74, 6) is -0.252. The molecule has 0 aliphatic heterocycles. The molecule has 2 aliphatic rings. The molecule has 0 unspecified atom stereocenters. The quantitative estimate of drug-likeness (QED) is 0.533. The maximum atomic E-state index is 12.6. The van der Waals surface area contributed by atoms with Crippen LogP contribution in [-0.4, -0.2) is 11.8 Å². The molecule has 2 amide bonds. The molecule has 0 spiro atoms. The number of nitrogens with one attached hydrogen (secondary N) is 2. The van der Waals surface area contributed by atoms with Crippen LogP contribution in [0.15, 0.2) is 60.7 Å². The molecule has 0 saturated heterocycles. The molecule has 0 fully saturated rings. The number of fused-ring (bicyclic) bond motifs is 2. The Kier molecular flexibility index (Phi) is 6.75. The van der Waals surface area contributed by atoms with Gasteiger partial charge in [-0.15, -0.1) is 0 Å². The van der Waals surface area contributed by atoms with E-state index in [9.17, 15) is 9.59 Å². The van der Waals surface area contributed by atoms with Crippen molar-refractivity contribution in [2.45, 2.75) is 64.5 Å². The van der Waals surface area contributed by atoms with Crippen LogP contribution in [0.1, 0.15) is 79.8 Å². The van der Waals surface area contributed by atoms with Crippen molar-refractivity contribution in [2.24, 2.45) is 0 Å². The summed E-state index contributed by atoms with van der Waals surface area (Å²) in [4.78, 5) is 25.2. The van der Waals surface area contributed by atoms with E-state index in [2.05, 4.69) is 47.0 Å². The van der Waals surface area contributed by atoms with Gasteiger partial charge in [-0.05, 0) is 109 Å². The van der Waals surface area contributed by atoms with E-state index in [-0.39, 0.29) is 11.8 Å². The Labute approximate surface area is 201 Å². The predicted octanol–water partition coefficient (Wildman–Crippen LogP) is 5.30. The normalized spacial score (nSPS) is 14.6. The Bertz CT molecular complexity index is 1100. The van der Waals surface area contributed by atoms with Crippen LogP contribution in [0.25, 0.3) is 0 Å². The predicted molar refractivity (Wildman–Crippen MR) is 135 cm³/mol. The first-order chi connectivity index (χ1) is 16.7. The first kappa shape index (κ1) is 22.4. The highest BCUT2D eigenvalue weighted by molar-refractivity contribution is 5.97. The van der Waals surface area contributed by atoms with Crippen LogP contribution in [0.2, 0.25) is 0 Å². The summed E-state index contributed by atoms with van der Waals surface area (Å²) in [6, 6.07) is 20.0. The number of aryl methyl sites for hydroxylation is 4. The summed E-state index contributed by atoms with van der Waals surface area (Å²) in [7, 11) is 0. The zero-order valence-corrected chi connectivity index (χ0v) is 19.7. The molecule has 0 saturated carbocycles. The Balaban J connectivity index is 1.14. The lowest BCUT2D eigenvalue weighted by atomic mass is 9.90. The van der Waals surface area contributed by atoms with E-state index in [1.54, 1.807) is 24.3 Å². The maximum absolute atomic E-state index is 12.6. The summed E-state index contributed by atoms with van der Waals surface area (Å²) in [6.45, 7) is 1.02. The van der Waals surface area contributed by atoms with Gasteiger partial charge in [-0.25, -0.2) is 0 Å². The Morgan fingerprint density at radius 3 is 1.32 bits per heavy atom. The van der Waals surface area contributed by atoms with Crippen LogP contribution < -0.4 is 10.6 Å². The van der Waals surface area contributed by atoms with E-state index in [1.165, 1.54) is 47.9 Å². The second kappa shape index (κ2) is 10.3. The molecule has 0 aromatic heterocycles. The average Bonchev–Trinajstić information content (AvgIpc) is 2.90. The molecule has 4 heteroatoms. The monoisotopic (exact) mass is 452 g/mol. The van der Waals surface area contributed by atoms with E-state index in [0.29, 0.717) is 24.2 Å². The van der Waals surface area contributed by atoms with E-state index in [1.807, 2.05) is 0 Å². The summed E-state index contributed by atoms with van der Waals surface area (Å²) < 4.78 is 0. The number of carbonyl (C=O) groups excluding carboxylic acids is 2. The van der Waals surface area contributed by atoms with Gasteiger partial charge < -0.3 is 10.6 Å². The second-order valence-corrected chi connectivity index (χ2v) is 9.56. The number of benzene rings is 3. The van der Waals surface area contributed by atoms with Gasteiger partial charge in [-0.1, -0.05) is 36.4 Å². The highest BCUT2D eigenvalue weighted by atomic mass is 16.2. The van der Waals surface area contributed by atoms with E-state index in [4.69, 9.17) is 0 Å². The molecular weight excluding hydrogens is 420 g/mol. The molecule has 0 radical (unpaired) electrons. The number of carbonyl (C=O) groups is 2. The highest BCUT2D eigenvalue weighted by Crippen LogP contribution is 2.23. The Morgan fingerprint density at radius 2 is 0.912 bits per heavy atom. The summed E-state index contributed by atoms with van der Waals surface area (Å²) in [5.41, 5.74) is 9.11. The van der Waals surface area contributed by atoms with E-state index >= 15 is 0 Å². The molecule has 0 bridgehead atoms. The Morgan fingerprint density at radius 1 is 0.529 bits per heavy atom. The molecule has 2 N–H and O–H groups in total. The van der Waals surface area contributed by atoms with Crippen LogP contribution in [0.3, 0.4) is 0 Å².